The van der Waals surface area contributed by atoms with Crippen LogP contribution in [0.15, 0.2) is 42.7 Å². The molecule has 0 aliphatic heterocycles. The molecule has 0 atom stereocenters. The minimum Gasteiger partial charge on any atom is -0.455 e. The Labute approximate surface area is 114 Å². The lowest BCUT2D eigenvalue weighted by Crippen LogP contribution is -2.14. The first-order valence-corrected chi connectivity index (χ1v) is 6.67. The van der Waals surface area contributed by atoms with Gasteiger partial charge in [0.2, 0.25) is 0 Å². The molecule has 0 aliphatic carbocycles. The molecule has 3 heteroatoms. The molecule has 2 rings (SSSR count). The first-order valence-electron chi connectivity index (χ1n) is 6.67. The molecule has 1 heterocycles. The van der Waals surface area contributed by atoms with Gasteiger partial charge in [0, 0.05) is 18.3 Å². The average Bonchev–Trinajstić information content (AvgIpc) is 2.43. The van der Waals surface area contributed by atoms with Crippen molar-refractivity contribution in [2.24, 2.45) is 0 Å². The SMILES string of the molecule is CCCNCc1cc(C)ccc1Oc1cccnc1. The second-order valence-electron chi connectivity index (χ2n) is 4.58. The Morgan fingerprint density at radius 2 is 2.16 bits per heavy atom. The lowest BCUT2D eigenvalue weighted by molar-refractivity contribution is 0.470. The van der Waals surface area contributed by atoms with E-state index in [9.17, 15) is 0 Å². The monoisotopic (exact) mass is 256 g/mol. The van der Waals surface area contributed by atoms with Crippen LogP contribution in [-0.2, 0) is 6.54 Å². The zero-order valence-electron chi connectivity index (χ0n) is 11.5. The van der Waals surface area contributed by atoms with Crippen LogP contribution in [0.1, 0.15) is 24.5 Å². The van der Waals surface area contributed by atoms with E-state index in [-0.39, 0.29) is 0 Å². The summed E-state index contributed by atoms with van der Waals surface area (Å²) in [5.41, 5.74) is 2.42. The highest BCUT2D eigenvalue weighted by molar-refractivity contribution is 5.39. The number of benzene rings is 1. The van der Waals surface area contributed by atoms with Crippen LogP contribution < -0.4 is 10.1 Å². The number of hydrogen-bond acceptors (Lipinski definition) is 3. The number of ether oxygens (including phenoxy) is 1. The van der Waals surface area contributed by atoms with Crippen molar-refractivity contribution >= 4 is 0 Å². The van der Waals surface area contributed by atoms with Crippen LogP contribution in [0, 0.1) is 6.92 Å². The molecule has 0 bridgehead atoms. The molecule has 1 aromatic heterocycles. The summed E-state index contributed by atoms with van der Waals surface area (Å²) in [4.78, 5) is 4.06. The summed E-state index contributed by atoms with van der Waals surface area (Å²) >= 11 is 0. The number of rotatable bonds is 6. The van der Waals surface area contributed by atoms with Gasteiger partial charge < -0.3 is 10.1 Å². The first kappa shape index (κ1) is 13.6. The Kier molecular flexibility index (Phi) is 4.93. The van der Waals surface area contributed by atoms with E-state index >= 15 is 0 Å². The van der Waals surface area contributed by atoms with Crippen molar-refractivity contribution in [2.75, 3.05) is 6.54 Å². The van der Waals surface area contributed by atoms with E-state index in [2.05, 4.69) is 36.3 Å². The van der Waals surface area contributed by atoms with Gasteiger partial charge in [0.1, 0.15) is 11.5 Å². The maximum Gasteiger partial charge on any atom is 0.145 e. The zero-order valence-corrected chi connectivity index (χ0v) is 11.5. The number of hydrogen-bond donors (Lipinski definition) is 1. The Morgan fingerprint density at radius 1 is 1.26 bits per heavy atom. The molecular formula is C16H20N2O. The second kappa shape index (κ2) is 6.90. The van der Waals surface area contributed by atoms with E-state index in [1.165, 1.54) is 11.1 Å². The molecule has 100 valence electrons. The normalized spacial score (nSPS) is 10.4. The lowest BCUT2D eigenvalue weighted by Gasteiger charge is -2.12. The molecular weight excluding hydrogens is 236 g/mol. The van der Waals surface area contributed by atoms with Crippen LogP contribution in [-0.4, -0.2) is 11.5 Å². The Hall–Kier alpha value is -1.87. The van der Waals surface area contributed by atoms with Crippen LogP contribution in [0.4, 0.5) is 0 Å². The van der Waals surface area contributed by atoms with Gasteiger partial charge in [-0.25, -0.2) is 0 Å². The molecule has 19 heavy (non-hydrogen) atoms. The Balaban J connectivity index is 2.14. The third-order valence-corrected chi connectivity index (χ3v) is 2.82. The van der Waals surface area contributed by atoms with Crippen LogP contribution in [0.3, 0.4) is 0 Å². The summed E-state index contributed by atoms with van der Waals surface area (Å²) in [5.74, 6) is 1.66. The molecule has 3 nitrogen and oxygen atoms in total. The molecule has 0 saturated heterocycles. The summed E-state index contributed by atoms with van der Waals surface area (Å²) in [6.07, 6.45) is 4.60. The molecule has 1 N–H and O–H groups in total. The van der Waals surface area contributed by atoms with Gasteiger partial charge in [-0.3, -0.25) is 4.98 Å². The summed E-state index contributed by atoms with van der Waals surface area (Å²) in [5, 5.41) is 3.41. The van der Waals surface area contributed by atoms with Crippen molar-refractivity contribution in [3.63, 3.8) is 0 Å². The quantitative estimate of drug-likeness (QED) is 0.800. The summed E-state index contributed by atoms with van der Waals surface area (Å²) in [6.45, 7) is 6.10. The van der Waals surface area contributed by atoms with Gasteiger partial charge in [-0.05, 0) is 38.1 Å². The predicted octanol–water partition coefficient (Wildman–Crippen LogP) is 3.68. The largest absolute Gasteiger partial charge is 0.455 e. The zero-order chi connectivity index (χ0) is 13.5. The number of aryl methyl sites for hydroxylation is 1. The highest BCUT2D eigenvalue weighted by atomic mass is 16.5. The van der Waals surface area contributed by atoms with Gasteiger partial charge >= 0.3 is 0 Å². The predicted molar refractivity (Wildman–Crippen MR) is 77.5 cm³/mol. The Morgan fingerprint density at radius 3 is 2.89 bits per heavy atom. The number of nitrogens with one attached hydrogen (secondary N) is 1. The second-order valence-corrected chi connectivity index (χ2v) is 4.58. The molecule has 0 radical (unpaired) electrons. The molecule has 0 aliphatic rings. The van der Waals surface area contributed by atoms with E-state index in [4.69, 9.17) is 4.74 Å². The topological polar surface area (TPSA) is 34.1 Å². The van der Waals surface area contributed by atoms with E-state index < -0.39 is 0 Å². The minimum atomic E-state index is 0.767. The minimum absolute atomic E-state index is 0.767. The first-order chi connectivity index (χ1) is 9.29. The van der Waals surface area contributed by atoms with Gasteiger partial charge in [0.25, 0.3) is 0 Å². The maximum atomic E-state index is 5.89. The average molecular weight is 256 g/mol. The molecule has 0 unspecified atom stereocenters. The van der Waals surface area contributed by atoms with Crippen molar-refractivity contribution in [1.82, 2.24) is 10.3 Å². The van der Waals surface area contributed by atoms with E-state index in [1.807, 2.05) is 18.2 Å². The fraction of sp³-hybridized carbons (Fsp3) is 0.312. The van der Waals surface area contributed by atoms with Crippen molar-refractivity contribution < 1.29 is 4.74 Å². The number of pyridine rings is 1. The highest BCUT2D eigenvalue weighted by Gasteiger charge is 2.05. The molecule has 0 fully saturated rings. The number of nitrogens with zero attached hydrogens (tertiary/aromatic N) is 1. The fourth-order valence-electron chi connectivity index (χ4n) is 1.88. The van der Waals surface area contributed by atoms with Crippen molar-refractivity contribution in [3.05, 3.63) is 53.9 Å². The van der Waals surface area contributed by atoms with Crippen LogP contribution in [0.25, 0.3) is 0 Å². The van der Waals surface area contributed by atoms with Crippen molar-refractivity contribution in [1.29, 1.82) is 0 Å². The maximum absolute atomic E-state index is 5.89. The third-order valence-electron chi connectivity index (χ3n) is 2.82. The van der Waals surface area contributed by atoms with Gasteiger partial charge in [0.05, 0.1) is 6.20 Å². The summed E-state index contributed by atoms with van der Waals surface area (Å²) in [6, 6.07) is 10.0. The highest BCUT2D eigenvalue weighted by Crippen LogP contribution is 2.25. The lowest BCUT2D eigenvalue weighted by atomic mass is 10.1. The summed E-state index contributed by atoms with van der Waals surface area (Å²) < 4.78 is 5.89. The third kappa shape index (κ3) is 4.07. The van der Waals surface area contributed by atoms with Gasteiger partial charge in [0.15, 0.2) is 0 Å². The fourth-order valence-corrected chi connectivity index (χ4v) is 1.88. The van der Waals surface area contributed by atoms with Crippen LogP contribution in [0.2, 0.25) is 0 Å². The van der Waals surface area contributed by atoms with Crippen molar-refractivity contribution in [3.8, 4) is 11.5 Å². The van der Waals surface area contributed by atoms with Crippen LogP contribution in [0.5, 0.6) is 11.5 Å². The molecule has 2 aromatic rings. The van der Waals surface area contributed by atoms with Gasteiger partial charge in [-0.2, -0.15) is 0 Å². The molecule has 0 spiro atoms. The van der Waals surface area contributed by atoms with E-state index in [0.717, 1.165) is 31.0 Å². The smallest absolute Gasteiger partial charge is 0.145 e. The van der Waals surface area contributed by atoms with Gasteiger partial charge in [-0.1, -0.05) is 24.6 Å². The molecule has 0 saturated carbocycles. The summed E-state index contributed by atoms with van der Waals surface area (Å²) in [7, 11) is 0. The molecule has 1 aromatic carbocycles. The Bertz CT molecular complexity index is 511. The standard InChI is InChI=1S/C16H20N2O/c1-3-8-17-11-14-10-13(2)6-7-16(14)19-15-5-4-9-18-12-15/h4-7,9-10,12,17H,3,8,11H2,1-2H3. The van der Waals surface area contributed by atoms with Crippen LogP contribution >= 0.6 is 0 Å². The van der Waals surface area contributed by atoms with E-state index in [0.29, 0.717) is 0 Å². The number of aromatic nitrogens is 1. The molecule has 0 amide bonds. The van der Waals surface area contributed by atoms with Gasteiger partial charge in [-0.15, -0.1) is 0 Å². The van der Waals surface area contributed by atoms with E-state index in [1.54, 1.807) is 12.4 Å². The van der Waals surface area contributed by atoms with Crippen molar-refractivity contribution in [2.45, 2.75) is 26.8 Å².